The van der Waals surface area contributed by atoms with Gasteiger partial charge in [0.15, 0.2) is 0 Å². The summed E-state index contributed by atoms with van der Waals surface area (Å²) in [5.41, 5.74) is 1.97. The van der Waals surface area contributed by atoms with E-state index >= 15 is 0 Å². The molecule has 7 nitrogen and oxygen atoms in total. The Balaban J connectivity index is 1.80. The lowest BCUT2D eigenvalue weighted by Crippen LogP contribution is -2.31. The van der Waals surface area contributed by atoms with Gasteiger partial charge in [0.25, 0.3) is 11.7 Å². The van der Waals surface area contributed by atoms with Gasteiger partial charge in [-0.15, -0.1) is 0 Å². The van der Waals surface area contributed by atoms with Crippen molar-refractivity contribution in [2.75, 3.05) is 20.3 Å². The number of amides is 1. The lowest BCUT2D eigenvalue weighted by molar-refractivity contribution is -0.140. The minimum absolute atomic E-state index is 0.0138. The average Bonchev–Trinajstić information content (AvgIpc) is 3.24. The quantitative estimate of drug-likeness (QED) is 0.321. The summed E-state index contributed by atoms with van der Waals surface area (Å²) in [6.07, 6.45) is 1.29. The van der Waals surface area contributed by atoms with E-state index in [1.165, 1.54) is 17.0 Å². The molecule has 2 aromatic carbocycles. The number of fused-ring (bicyclic) bond motifs is 1. The van der Waals surface area contributed by atoms with E-state index in [9.17, 15) is 19.8 Å². The molecular weight excluding hydrogens is 398 g/mol. The number of carbonyl (C=O) groups excluding carboxylic acids is 2. The standard InChI is InChI=1S/C24H25NO6/c1-14-11-17-12-16(7-8-19(17)31-14)22(27)20-21(15-5-3-6-18(26)13-15)25(9-4-10-30-2)24(29)23(20)28/h3,5-8,12-14,21,26-27H,4,9-11H2,1-2H3/b22-20+/t14-,21+/m1/s1. The van der Waals surface area contributed by atoms with Crippen LogP contribution in [0.15, 0.2) is 48.0 Å². The van der Waals surface area contributed by atoms with Gasteiger partial charge in [0, 0.05) is 32.2 Å². The SMILES string of the molecule is COCCCN1C(=O)C(=O)/C(=C(/O)c2ccc3c(c2)C[C@@H](C)O3)[C@@H]1c1cccc(O)c1. The van der Waals surface area contributed by atoms with Gasteiger partial charge >= 0.3 is 0 Å². The van der Waals surface area contributed by atoms with Crippen molar-refractivity contribution < 1.29 is 29.3 Å². The van der Waals surface area contributed by atoms with Crippen LogP contribution >= 0.6 is 0 Å². The fourth-order valence-corrected chi connectivity index (χ4v) is 4.26. The Bertz CT molecular complexity index is 1060. The third-order valence-electron chi connectivity index (χ3n) is 5.64. The molecule has 2 N–H and O–H groups in total. The predicted molar refractivity (Wildman–Crippen MR) is 114 cm³/mol. The first-order valence-electron chi connectivity index (χ1n) is 10.3. The van der Waals surface area contributed by atoms with Gasteiger partial charge in [0.2, 0.25) is 0 Å². The topological polar surface area (TPSA) is 96.3 Å². The molecular formula is C24H25NO6. The van der Waals surface area contributed by atoms with Crippen molar-refractivity contribution in [1.82, 2.24) is 4.90 Å². The third kappa shape index (κ3) is 3.88. The van der Waals surface area contributed by atoms with Crippen LogP contribution in [0.2, 0.25) is 0 Å². The fourth-order valence-electron chi connectivity index (χ4n) is 4.26. The van der Waals surface area contributed by atoms with Crippen LogP contribution in [-0.2, 0) is 20.7 Å². The minimum atomic E-state index is -0.799. The number of carbonyl (C=O) groups is 2. The van der Waals surface area contributed by atoms with Crippen LogP contribution in [0.3, 0.4) is 0 Å². The lowest BCUT2D eigenvalue weighted by atomic mass is 9.94. The number of rotatable bonds is 6. The zero-order valence-corrected chi connectivity index (χ0v) is 17.5. The minimum Gasteiger partial charge on any atom is -0.508 e. The van der Waals surface area contributed by atoms with E-state index in [2.05, 4.69) is 0 Å². The van der Waals surface area contributed by atoms with E-state index in [1.807, 2.05) is 6.92 Å². The number of hydrogen-bond donors (Lipinski definition) is 2. The average molecular weight is 423 g/mol. The van der Waals surface area contributed by atoms with Crippen molar-refractivity contribution in [3.8, 4) is 11.5 Å². The maximum absolute atomic E-state index is 13.0. The number of Topliss-reactive ketones (excluding diaryl/α,β-unsaturated/α-hetero) is 1. The van der Waals surface area contributed by atoms with Gasteiger partial charge in [-0.25, -0.2) is 0 Å². The van der Waals surface area contributed by atoms with Crippen LogP contribution in [0.5, 0.6) is 11.5 Å². The number of phenolic OH excluding ortho intramolecular Hbond substituents is 1. The van der Waals surface area contributed by atoms with Crippen molar-refractivity contribution >= 4 is 17.4 Å². The van der Waals surface area contributed by atoms with Crippen LogP contribution in [0.4, 0.5) is 0 Å². The zero-order chi connectivity index (χ0) is 22.1. The van der Waals surface area contributed by atoms with Crippen LogP contribution in [-0.4, -0.2) is 53.2 Å². The zero-order valence-electron chi connectivity index (χ0n) is 17.5. The second-order valence-electron chi connectivity index (χ2n) is 7.89. The number of phenols is 1. The van der Waals surface area contributed by atoms with Crippen LogP contribution in [0.25, 0.3) is 5.76 Å². The highest BCUT2D eigenvalue weighted by Gasteiger charge is 2.46. The Kier molecular flexibility index (Phi) is 5.69. The number of ketones is 1. The maximum Gasteiger partial charge on any atom is 0.295 e. The molecule has 2 aromatic rings. The van der Waals surface area contributed by atoms with Crippen LogP contribution in [0.1, 0.15) is 36.1 Å². The molecule has 2 aliphatic rings. The molecule has 1 amide bonds. The monoisotopic (exact) mass is 423 g/mol. The summed E-state index contributed by atoms with van der Waals surface area (Å²) in [6, 6.07) is 10.8. The molecule has 1 fully saturated rings. The molecule has 2 atom stereocenters. The summed E-state index contributed by atoms with van der Waals surface area (Å²) in [4.78, 5) is 27.3. The van der Waals surface area contributed by atoms with Crippen LogP contribution < -0.4 is 4.74 Å². The molecule has 0 unspecified atom stereocenters. The molecule has 162 valence electrons. The number of benzene rings is 2. The first-order valence-corrected chi connectivity index (χ1v) is 10.3. The van der Waals surface area contributed by atoms with Gasteiger partial charge in [0.1, 0.15) is 23.4 Å². The summed E-state index contributed by atoms with van der Waals surface area (Å²) in [5, 5.41) is 21.1. The Labute approximate surface area is 180 Å². The maximum atomic E-state index is 13.0. The number of aromatic hydroxyl groups is 1. The van der Waals surface area contributed by atoms with Crippen molar-refractivity contribution in [1.29, 1.82) is 0 Å². The Morgan fingerprint density at radius 2 is 2.03 bits per heavy atom. The van der Waals surface area contributed by atoms with E-state index in [-0.39, 0.29) is 29.7 Å². The van der Waals surface area contributed by atoms with Gasteiger partial charge in [0.05, 0.1) is 11.6 Å². The lowest BCUT2D eigenvalue weighted by Gasteiger charge is -2.25. The normalized spacial score (nSPS) is 21.9. The molecule has 0 saturated carbocycles. The van der Waals surface area contributed by atoms with Gasteiger partial charge in [-0.1, -0.05) is 12.1 Å². The first kappa shape index (κ1) is 20.9. The van der Waals surface area contributed by atoms with Crippen molar-refractivity contribution in [3.05, 3.63) is 64.7 Å². The van der Waals surface area contributed by atoms with E-state index in [1.54, 1.807) is 37.4 Å². The summed E-state index contributed by atoms with van der Waals surface area (Å²) >= 11 is 0. The third-order valence-corrected chi connectivity index (χ3v) is 5.64. The van der Waals surface area contributed by atoms with Crippen LogP contribution in [0, 0.1) is 0 Å². The molecule has 2 heterocycles. The summed E-state index contributed by atoms with van der Waals surface area (Å²) in [5.74, 6) is -0.877. The van der Waals surface area contributed by atoms with Gasteiger partial charge < -0.3 is 24.6 Å². The second-order valence-corrected chi connectivity index (χ2v) is 7.89. The molecule has 31 heavy (non-hydrogen) atoms. The number of likely N-dealkylation sites (tertiary alicyclic amines) is 1. The molecule has 1 saturated heterocycles. The van der Waals surface area contributed by atoms with Crippen molar-refractivity contribution in [3.63, 3.8) is 0 Å². The highest BCUT2D eigenvalue weighted by Crippen LogP contribution is 2.41. The highest BCUT2D eigenvalue weighted by molar-refractivity contribution is 6.46. The summed E-state index contributed by atoms with van der Waals surface area (Å²) in [6.45, 7) is 2.68. The second kappa shape index (κ2) is 8.43. The van der Waals surface area contributed by atoms with Gasteiger partial charge in [-0.05, 0) is 54.8 Å². The molecule has 0 aliphatic carbocycles. The van der Waals surface area contributed by atoms with E-state index in [0.29, 0.717) is 30.6 Å². The van der Waals surface area contributed by atoms with Gasteiger partial charge in [-0.3, -0.25) is 9.59 Å². The number of aliphatic hydroxyl groups is 1. The summed E-state index contributed by atoms with van der Waals surface area (Å²) in [7, 11) is 1.57. The number of nitrogens with zero attached hydrogens (tertiary/aromatic N) is 1. The molecule has 0 aromatic heterocycles. The molecule has 7 heteroatoms. The predicted octanol–water partition coefficient (Wildman–Crippen LogP) is 3.17. The van der Waals surface area contributed by atoms with E-state index < -0.39 is 17.7 Å². The Morgan fingerprint density at radius 3 is 2.77 bits per heavy atom. The van der Waals surface area contributed by atoms with E-state index in [4.69, 9.17) is 9.47 Å². The summed E-state index contributed by atoms with van der Waals surface area (Å²) < 4.78 is 10.8. The smallest absolute Gasteiger partial charge is 0.295 e. The highest BCUT2D eigenvalue weighted by atomic mass is 16.5. The molecule has 0 radical (unpaired) electrons. The Morgan fingerprint density at radius 1 is 1.23 bits per heavy atom. The molecule has 0 spiro atoms. The number of ether oxygens (including phenoxy) is 2. The van der Waals surface area contributed by atoms with E-state index in [0.717, 1.165) is 11.3 Å². The largest absolute Gasteiger partial charge is 0.508 e. The number of hydrogen-bond acceptors (Lipinski definition) is 6. The number of methoxy groups -OCH3 is 1. The molecule has 2 aliphatic heterocycles. The first-order chi connectivity index (χ1) is 14.9. The Hall–Kier alpha value is -3.32. The molecule has 4 rings (SSSR count). The molecule has 0 bridgehead atoms. The van der Waals surface area contributed by atoms with Crippen molar-refractivity contribution in [2.24, 2.45) is 0 Å². The fraction of sp³-hybridized carbons (Fsp3) is 0.333. The van der Waals surface area contributed by atoms with Crippen molar-refractivity contribution in [2.45, 2.75) is 31.9 Å². The number of aliphatic hydroxyl groups excluding tert-OH is 1. The van der Waals surface area contributed by atoms with Gasteiger partial charge in [-0.2, -0.15) is 0 Å².